The Kier molecular flexibility index (Phi) is 2.87. The molecule has 0 atom stereocenters. The molecule has 0 saturated carbocycles. The Balaban J connectivity index is 3.04. The van der Waals surface area contributed by atoms with Crippen molar-refractivity contribution in [1.29, 1.82) is 0 Å². The number of para-hydroxylation sites is 1. The highest BCUT2D eigenvalue weighted by molar-refractivity contribution is 14.1. The van der Waals surface area contributed by atoms with Crippen molar-refractivity contribution in [1.82, 2.24) is 0 Å². The van der Waals surface area contributed by atoms with Crippen molar-refractivity contribution in [2.45, 2.75) is 6.92 Å². The molecule has 2 N–H and O–H groups in total. The van der Waals surface area contributed by atoms with E-state index in [1.54, 1.807) is 6.92 Å². The van der Waals surface area contributed by atoms with Crippen LogP contribution in [0.1, 0.15) is 6.92 Å². The summed E-state index contributed by atoms with van der Waals surface area (Å²) in [7, 11) is 0. The van der Waals surface area contributed by atoms with Crippen LogP contribution in [-0.2, 0) is 0 Å². The van der Waals surface area contributed by atoms with Gasteiger partial charge in [0.25, 0.3) is 0 Å². The van der Waals surface area contributed by atoms with Crippen LogP contribution in [0.3, 0.4) is 0 Å². The fourth-order valence-corrected chi connectivity index (χ4v) is 1.24. The van der Waals surface area contributed by atoms with E-state index in [4.69, 9.17) is 5.73 Å². The number of halogens is 1. The van der Waals surface area contributed by atoms with Gasteiger partial charge < -0.3 is 5.73 Å². The van der Waals surface area contributed by atoms with Gasteiger partial charge in [0.2, 0.25) is 0 Å². The van der Waals surface area contributed by atoms with Crippen molar-refractivity contribution >= 4 is 34.1 Å². The second-order valence-electron chi connectivity index (χ2n) is 2.20. The molecule has 0 radical (unpaired) electrons. The highest BCUT2D eigenvalue weighted by atomic mass is 127. The summed E-state index contributed by atoms with van der Waals surface area (Å²) < 4.78 is 1.12. The Labute approximate surface area is 79.7 Å². The molecule has 0 fully saturated rings. The molecule has 0 aromatic heterocycles. The van der Waals surface area contributed by atoms with E-state index in [0.717, 1.165) is 9.26 Å². The average molecular weight is 260 g/mol. The van der Waals surface area contributed by atoms with Crippen LogP contribution in [0.15, 0.2) is 29.3 Å². The summed E-state index contributed by atoms with van der Waals surface area (Å²) in [5.41, 5.74) is 6.38. The van der Waals surface area contributed by atoms with Crippen LogP contribution in [0, 0.1) is 3.57 Å². The van der Waals surface area contributed by atoms with Gasteiger partial charge in [-0.1, -0.05) is 12.1 Å². The van der Waals surface area contributed by atoms with Gasteiger partial charge in [-0.05, 0) is 41.6 Å². The molecule has 1 aromatic carbocycles. The van der Waals surface area contributed by atoms with Crippen molar-refractivity contribution < 1.29 is 0 Å². The number of hydrogen-bond acceptors (Lipinski definition) is 1. The molecular formula is C8H9IN2. The summed E-state index contributed by atoms with van der Waals surface area (Å²) >= 11 is 2.23. The summed E-state index contributed by atoms with van der Waals surface area (Å²) in [5, 5.41) is 0. The summed E-state index contributed by atoms with van der Waals surface area (Å²) in [6.45, 7) is 1.78. The predicted molar refractivity (Wildman–Crippen MR) is 56.1 cm³/mol. The molecule has 1 rings (SSSR count). The molecule has 0 spiro atoms. The van der Waals surface area contributed by atoms with E-state index in [-0.39, 0.29) is 0 Å². The van der Waals surface area contributed by atoms with Crippen molar-refractivity contribution in [2.75, 3.05) is 0 Å². The van der Waals surface area contributed by atoms with E-state index in [0.29, 0.717) is 5.84 Å². The summed E-state index contributed by atoms with van der Waals surface area (Å²) in [6, 6.07) is 7.87. The molecule has 58 valence electrons. The minimum absolute atomic E-state index is 0.592. The largest absolute Gasteiger partial charge is 0.387 e. The van der Waals surface area contributed by atoms with Gasteiger partial charge in [0.1, 0.15) is 0 Å². The molecule has 0 saturated heterocycles. The third kappa shape index (κ3) is 2.49. The number of nitrogens with zero attached hydrogens (tertiary/aromatic N) is 1. The number of hydrogen-bond donors (Lipinski definition) is 1. The Bertz CT molecular complexity index is 277. The molecule has 0 heterocycles. The van der Waals surface area contributed by atoms with E-state index >= 15 is 0 Å². The van der Waals surface area contributed by atoms with Crippen LogP contribution in [0.4, 0.5) is 5.69 Å². The maximum absolute atomic E-state index is 5.44. The second-order valence-corrected chi connectivity index (χ2v) is 3.37. The molecule has 0 amide bonds. The molecule has 2 nitrogen and oxygen atoms in total. The maximum atomic E-state index is 5.44. The lowest BCUT2D eigenvalue weighted by molar-refractivity contribution is 1.43. The first-order valence-corrected chi connectivity index (χ1v) is 4.33. The molecular weight excluding hydrogens is 251 g/mol. The van der Waals surface area contributed by atoms with Gasteiger partial charge in [0, 0.05) is 3.57 Å². The zero-order valence-electron chi connectivity index (χ0n) is 6.21. The monoisotopic (exact) mass is 260 g/mol. The van der Waals surface area contributed by atoms with Crippen molar-refractivity contribution in [3.63, 3.8) is 0 Å². The molecule has 0 aliphatic heterocycles. The van der Waals surface area contributed by atoms with E-state index in [1.807, 2.05) is 24.3 Å². The molecule has 0 aliphatic rings. The predicted octanol–water partition coefficient (Wildman–Crippen LogP) is 2.30. The quantitative estimate of drug-likeness (QED) is 0.469. The van der Waals surface area contributed by atoms with Gasteiger partial charge in [-0.2, -0.15) is 0 Å². The highest BCUT2D eigenvalue weighted by Gasteiger charge is 1.93. The van der Waals surface area contributed by atoms with Crippen LogP contribution in [0.5, 0.6) is 0 Å². The number of benzene rings is 1. The fourth-order valence-electron chi connectivity index (χ4n) is 0.732. The molecule has 11 heavy (non-hydrogen) atoms. The van der Waals surface area contributed by atoms with E-state index in [1.165, 1.54) is 0 Å². The SMILES string of the molecule is CC(N)=Nc1ccccc1I. The Morgan fingerprint density at radius 2 is 2.09 bits per heavy atom. The number of amidine groups is 1. The number of rotatable bonds is 1. The lowest BCUT2D eigenvalue weighted by Crippen LogP contribution is -2.03. The standard InChI is InChI=1S/C8H9IN2/c1-6(10)11-8-5-3-2-4-7(8)9/h2-5H,1H3,(H2,10,11). The Morgan fingerprint density at radius 1 is 1.45 bits per heavy atom. The topological polar surface area (TPSA) is 38.4 Å². The third-order valence-electron chi connectivity index (χ3n) is 1.15. The zero-order valence-corrected chi connectivity index (χ0v) is 8.37. The van der Waals surface area contributed by atoms with Gasteiger partial charge in [-0.15, -0.1) is 0 Å². The molecule has 0 aliphatic carbocycles. The van der Waals surface area contributed by atoms with Crippen LogP contribution >= 0.6 is 22.6 Å². The molecule has 0 unspecified atom stereocenters. The summed E-state index contributed by atoms with van der Waals surface area (Å²) in [5.74, 6) is 0.592. The highest BCUT2D eigenvalue weighted by Crippen LogP contribution is 2.19. The second kappa shape index (κ2) is 3.71. The van der Waals surface area contributed by atoms with Gasteiger partial charge in [-0.3, -0.25) is 0 Å². The molecule has 1 aromatic rings. The maximum Gasteiger partial charge on any atom is 0.0965 e. The van der Waals surface area contributed by atoms with Crippen molar-refractivity contribution in [2.24, 2.45) is 10.7 Å². The molecule has 0 bridgehead atoms. The van der Waals surface area contributed by atoms with Gasteiger partial charge >= 0.3 is 0 Å². The van der Waals surface area contributed by atoms with Crippen LogP contribution in [0.2, 0.25) is 0 Å². The van der Waals surface area contributed by atoms with Crippen molar-refractivity contribution in [3.8, 4) is 0 Å². The molecule has 3 heteroatoms. The van der Waals surface area contributed by atoms with Crippen molar-refractivity contribution in [3.05, 3.63) is 27.8 Å². The lowest BCUT2D eigenvalue weighted by Gasteiger charge is -1.96. The summed E-state index contributed by atoms with van der Waals surface area (Å²) in [4.78, 5) is 4.15. The van der Waals surface area contributed by atoms with Gasteiger partial charge in [0.05, 0.1) is 11.5 Å². The fraction of sp³-hybridized carbons (Fsp3) is 0.125. The first-order chi connectivity index (χ1) is 5.20. The number of nitrogens with two attached hydrogens (primary N) is 1. The van der Waals surface area contributed by atoms with Crippen LogP contribution in [-0.4, -0.2) is 5.84 Å². The Morgan fingerprint density at radius 3 is 2.64 bits per heavy atom. The van der Waals surface area contributed by atoms with Gasteiger partial charge in [-0.25, -0.2) is 4.99 Å². The van der Waals surface area contributed by atoms with Crippen LogP contribution < -0.4 is 5.73 Å². The smallest absolute Gasteiger partial charge is 0.0965 e. The number of aliphatic imine (C=N–C) groups is 1. The third-order valence-corrected chi connectivity index (χ3v) is 2.06. The van der Waals surface area contributed by atoms with E-state index < -0.39 is 0 Å². The summed E-state index contributed by atoms with van der Waals surface area (Å²) in [6.07, 6.45) is 0. The lowest BCUT2D eigenvalue weighted by atomic mass is 10.3. The van der Waals surface area contributed by atoms with E-state index in [9.17, 15) is 0 Å². The first-order valence-electron chi connectivity index (χ1n) is 3.25. The average Bonchev–Trinajstić information content (AvgIpc) is 1.93. The van der Waals surface area contributed by atoms with E-state index in [2.05, 4.69) is 27.6 Å². The minimum atomic E-state index is 0.592. The zero-order chi connectivity index (χ0) is 8.27. The minimum Gasteiger partial charge on any atom is -0.387 e. The first kappa shape index (κ1) is 8.52. The Hall–Kier alpha value is -0.580. The van der Waals surface area contributed by atoms with Crippen LogP contribution in [0.25, 0.3) is 0 Å². The normalized spacial score (nSPS) is 11.6. The van der Waals surface area contributed by atoms with Gasteiger partial charge in [0.15, 0.2) is 0 Å².